The average molecular weight is 226 g/mol. The monoisotopic (exact) mass is 226 g/mol. The third-order valence-electron chi connectivity index (χ3n) is 3.14. The Hall–Kier alpha value is -1.32. The van der Waals surface area contributed by atoms with Crippen LogP contribution in [0.2, 0.25) is 0 Å². The number of carboxylic acid groups (broad SMARTS) is 1. The largest absolute Gasteiger partial charge is 0.481 e. The van der Waals surface area contributed by atoms with Gasteiger partial charge in [0.1, 0.15) is 0 Å². The molecule has 90 valence electrons. The summed E-state index contributed by atoms with van der Waals surface area (Å²) in [4.78, 5) is 22.7. The van der Waals surface area contributed by atoms with Gasteiger partial charge in [-0.15, -0.1) is 6.58 Å². The minimum Gasteiger partial charge on any atom is -0.481 e. The molecule has 0 heterocycles. The van der Waals surface area contributed by atoms with Crippen molar-refractivity contribution in [1.82, 2.24) is 0 Å². The Balaban J connectivity index is 2.79. The van der Waals surface area contributed by atoms with Crippen LogP contribution in [0.4, 0.5) is 0 Å². The summed E-state index contributed by atoms with van der Waals surface area (Å²) in [6.45, 7) is 5.72. The lowest BCUT2D eigenvalue weighted by molar-refractivity contribution is -0.154. The van der Waals surface area contributed by atoms with Crippen molar-refractivity contribution in [2.45, 2.75) is 26.2 Å². The van der Waals surface area contributed by atoms with Crippen LogP contribution in [-0.4, -0.2) is 23.7 Å². The summed E-state index contributed by atoms with van der Waals surface area (Å²) in [5.74, 6) is -2.28. The van der Waals surface area contributed by atoms with Gasteiger partial charge in [-0.3, -0.25) is 9.59 Å². The van der Waals surface area contributed by atoms with E-state index < -0.39 is 11.9 Å². The van der Waals surface area contributed by atoms with Crippen LogP contribution in [-0.2, 0) is 14.3 Å². The molecule has 0 aromatic carbocycles. The smallest absolute Gasteiger partial charge is 0.309 e. The molecule has 0 spiro atoms. The van der Waals surface area contributed by atoms with Gasteiger partial charge in [0.15, 0.2) is 0 Å². The average Bonchev–Trinajstić information content (AvgIpc) is 2.28. The van der Waals surface area contributed by atoms with Gasteiger partial charge in [-0.25, -0.2) is 0 Å². The summed E-state index contributed by atoms with van der Waals surface area (Å²) >= 11 is 0. The molecule has 0 radical (unpaired) electrons. The van der Waals surface area contributed by atoms with Crippen molar-refractivity contribution in [3.63, 3.8) is 0 Å². The number of aliphatic carboxylic acids is 1. The number of esters is 1. The second kappa shape index (κ2) is 5.68. The van der Waals surface area contributed by atoms with Crippen molar-refractivity contribution in [2.75, 3.05) is 6.61 Å². The van der Waals surface area contributed by atoms with Crippen LogP contribution in [0, 0.1) is 17.8 Å². The molecule has 0 aromatic rings. The maximum Gasteiger partial charge on any atom is 0.309 e. The van der Waals surface area contributed by atoms with E-state index in [1.165, 1.54) is 0 Å². The zero-order valence-electron chi connectivity index (χ0n) is 9.52. The minimum absolute atomic E-state index is 0.293. The summed E-state index contributed by atoms with van der Waals surface area (Å²) in [7, 11) is 0. The van der Waals surface area contributed by atoms with Gasteiger partial charge in [0.2, 0.25) is 0 Å². The fourth-order valence-electron chi connectivity index (χ4n) is 2.36. The number of hydrogen-bond acceptors (Lipinski definition) is 3. The van der Waals surface area contributed by atoms with Crippen LogP contribution < -0.4 is 0 Å². The molecule has 0 unspecified atom stereocenters. The Morgan fingerprint density at radius 3 is 2.56 bits per heavy atom. The number of carbonyl (C=O) groups is 2. The highest BCUT2D eigenvalue weighted by atomic mass is 16.5. The van der Waals surface area contributed by atoms with Gasteiger partial charge >= 0.3 is 11.9 Å². The molecule has 16 heavy (non-hydrogen) atoms. The lowest BCUT2D eigenvalue weighted by Crippen LogP contribution is -2.37. The molecule has 3 atom stereocenters. The summed E-state index contributed by atoms with van der Waals surface area (Å²) in [5.41, 5.74) is 0. The molecule has 1 N–H and O–H groups in total. The Labute approximate surface area is 95.3 Å². The van der Waals surface area contributed by atoms with Crippen LogP contribution in [0.25, 0.3) is 0 Å². The third-order valence-corrected chi connectivity index (χ3v) is 3.14. The first kappa shape index (κ1) is 12.7. The highest BCUT2D eigenvalue weighted by molar-refractivity contribution is 5.76. The molecule has 1 aliphatic carbocycles. The molecule has 1 fully saturated rings. The quantitative estimate of drug-likeness (QED) is 0.587. The number of ether oxygens (including phenoxy) is 1. The van der Waals surface area contributed by atoms with Gasteiger partial charge in [-0.2, -0.15) is 0 Å². The normalized spacial score (nSPS) is 29.4. The van der Waals surface area contributed by atoms with E-state index in [0.29, 0.717) is 19.4 Å². The summed E-state index contributed by atoms with van der Waals surface area (Å²) in [5, 5.41) is 9.07. The number of carbonyl (C=O) groups excluding carboxylic acids is 1. The fraction of sp³-hybridized carbons (Fsp3) is 0.667. The maximum atomic E-state index is 11.7. The molecule has 0 amide bonds. The zero-order valence-corrected chi connectivity index (χ0v) is 9.52. The van der Waals surface area contributed by atoms with Gasteiger partial charge < -0.3 is 9.84 Å². The predicted octanol–water partition coefficient (Wildman–Crippen LogP) is 1.85. The Kier molecular flexibility index (Phi) is 4.52. The van der Waals surface area contributed by atoms with Crippen molar-refractivity contribution < 1.29 is 19.4 Å². The predicted molar refractivity (Wildman–Crippen MR) is 58.8 cm³/mol. The lowest BCUT2D eigenvalue weighted by atomic mass is 9.72. The summed E-state index contributed by atoms with van der Waals surface area (Å²) in [6, 6.07) is 0. The van der Waals surface area contributed by atoms with Crippen molar-refractivity contribution in [3.8, 4) is 0 Å². The molecule has 0 aromatic heterocycles. The highest BCUT2D eigenvalue weighted by Gasteiger charge is 2.39. The second-order valence-corrected chi connectivity index (χ2v) is 4.05. The van der Waals surface area contributed by atoms with Crippen molar-refractivity contribution in [2.24, 2.45) is 17.8 Å². The first-order valence-corrected chi connectivity index (χ1v) is 5.63. The van der Waals surface area contributed by atoms with Crippen LogP contribution in [0.3, 0.4) is 0 Å². The Morgan fingerprint density at radius 1 is 1.44 bits per heavy atom. The number of rotatable bonds is 4. The van der Waals surface area contributed by atoms with Gasteiger partial charge in [0.05, 0.1) is 18.4 Å². The standard InChI is InChI=1S/C12H18O4/c1-3-8-9(11(13)14)6-5-7-10(8)12(15)16-4-2/h3,8-10H,1,4-7H2,2H3,(H,13,14)/t8-,9-,10+/m1/s1. The van der Waals surface area contributed by atoms with Gasteiger partial charge in [-0.05, 0) is 19.8 Å². The molecule has 0 bridgehead atoms. The lowest BCUT2D eigenvalue weighted by Gasteiger charge is -2.32. The van der Waals surface area contributed by atoms with Gasteiger partial charge in [0, 0.05) is 5.92 Å². The summed E-state index contributed by atoms with van der Waals surface area (Å²) < 4.78 is 4.96. The Bertz CT molecular complexity index is 285. The minimum atomic E-state index is -0.848. The molecular formula is C12H18O4. The van der Waals surface area contributed by atoms with E-state index in [-0.39, 0.29) is 17.8 Å². The van der Waals surface area contributed by atoms with E-state index in [1.54, 1.807) is 13.0 Å². The molecule has 1 saturated carbocycles. The molecular weight excluding hydrogens is 208 g/mol. The van der Waals surface area contributed by atoms with Crippen LogP contribution in [0.15, 0.2) is 12.7 Å². The maximum absolute atomic E-state index is 11.7. The number of hydrogen-bond donors (Lipinski definition) is 1. The van der Waals surface area contributed by atoms with E-state index in [1.807, 2.05) is 0 Å². The van der Waals surface area contributed by atoms with Crippen molar-refractivity contribution in [3.05, 3.63) is 12.7 Å². The van der Waals surface area contributed by atoms with Crippen LogP contribution in [0.5, 0.6) is 0 Å². The molecule has 1 aliphatic rings. The Morgan fingerprint density at radius 2 is 2.06 bits per heavy atom. The number of allylic oxidation sites excluding steroid dienone is 1. The van der Waals surface area contributed by atoms with Crippen LogP contribution in [0.1, 0.15) is 26.2 Å². The zero-order chi connectivity index (χ0) is 12.1. The van der Waals surface area contributed by atoms with Gasteiger partial charge in [-0.1, -0.05) is 12.5 Å². The van der Waals surface area contributed by atoms with E-state index in [4.69, 9.17) is 9.84 Å². The van der Waals surface area contributed by atoms with Crippen molar-refractivity contribution in [1.29, 1.82) is 0 Å². The molecule has 4 heteroatoms. The van der Waals surface area contributed by atoms with E-state index in [9.17, 15) is 9.59 Å². The number of carboxylic acids is 1. The molecule has 0 aliphatic heterocycles. The van der Waals surface area contributed by atoms with Gasteiger partial charge in [0.25, 0.3) is 0 Å². The van der Waals surface area contributed by atoms with E-state index in [2.05, 4.69) is 6.58 Å². The molecule has 1 rings (SSSR count). The summed E-state index contributed by atoms with van der Waals surface area (Å²) in [6.07, 6.45) is 3.64. The second-order valence-electron chi connectivity index (χ2n) is 4.05. The fourth-order valence-corrected chi connectivity index (χ4v) is 2.36. The van der Waals surface area contributed by atoms with Crippen molar-refractivity contribution >= 4 is 11.9 Å². The topological polar surface area (TPSA) is 63.6 Å². The highest BCUT2D eigenvalue weighted by Crippen LogP contribution is 2.36. The van der Waals surface area contributed by atoms with E-state index in [0.717, 1.165) is 6.42 Å². The molecule has 0 saturated heterocycles. The SMILES string of the molecule is C=C[C@H]1[C@@H](C(=O)OCC)CCC[C@H]1C(=O)O. The third kappa shape index (κ3) is 2.62. The molecule has 4 nitrogen and oxygen atoms in total. The first-order valence-electron chi connectivity index (χ1n) is 5.63. The van der Waals surface area contributed by atoms with Crippen LogP contribution >= 0.6 is 0 Å². The first-order chi connectivity index (χ1) is 7.61. The van der Waals surface area contributed by atoms with E-state index >= 15 is 0 Å².